The van der Waals surface area contributed by atoms with Crippen LogP contribution < -0.4 is 10.6 Å². The van der Waals surface area contributed by atoms with E-state index in [1.165, 1.54) is 23.2 Å². The van der Waals surface area contributed by atoms with E-state index in [9.17, 15) is 9.18 Å². The minimum Gasteiger partial charge on any atom is -0.352 e. The van der Waals surface area contributed by atoms with Gasteiger partial charge >= 0.3 is 0 Å². The van der Waals surface area contributed by atoms with Crippen molar-refractivity contribution in [2.45, 2.75) is 6.29 Å². The second-order valence-corrected chi connectivity index (χ2v) is 3.70. The van der Waals surface area contributed by atoms with Gasteiger partial charge in [0.2, 0.25) is 0 Å². The molecule has 0 aromatic carbocycles. The van der Waals surface area contributed by atoms with Crippen molar-refractivity contribution in [2.75, 3.05) is 14.1 Å². The summed E-state index contributed by atoms with van der Waals surface area (Å²) in [6.07, 6.45) is 3.62. The fourth-order valence-corrected chi connectivity index (χ4v) is 1.65. The second kappa shape index (κ2) is 4.50. The molecule has 1 aromatic rings. The van der Waals surface area contributed by atoms with Gasteiger partial charge in [0, 0.05) is 24.9 Å². The smallest absolute Gasteiger partial charge is 0.251 e. The van der Waals surface area contributed by atoms with E-state index in [2.05, 4.69) is 15.6 Å². The van der Waals surface area contributed by atoms with Crippen molar-refractivity contribution in [3.63, 3.8) is 0 Å². The number of aromatic nitrogens is 1. The first kappa shape index (κ1) is 11.5. The summed E-state index contributed by atoms with van der Waals surface area (Å²) in [5.74, 6) is -0.646. The lowest BCUT2D eigenvalue weighted by atomic mass is 10.1. The van der Waals surface area contributed by atoms with Gasteiger partial charge in [0.1, 0.15) is 0 Å². The van der Waals surface area contributed by atoms with Crippen LogP contribution in [0.15, 0.2) is 24.5 Å². The zero-order valence-corrected chi connectivity index (χ0v) is 9.57. The van der Waals surface area contributed by atoms with Gasteiger partial charge in [-0.15, -0.1) is 0 Å². The number of amides is 1. The van der Waals surface area contributed by atoms with Gasteiger partial charge < -0.3 is 10.2 Å². The summed E-state index contributed by atoms with van der Waals surface area (Å²) in [5, 5.41) is 5.95. The lowest BCUT2D eigenvalue weighted by Crippen LogP contribution is -2.55. The molecule has 2 N–H and O–H groups in total. The fraction of sp³-hybridized carbons (Fsp3) is 0.273. The molecule has 0 fully saturated rings. The van der Waals surface area contributed by atoms with E-state index < -0.39 is 5.82 Å². The number of carbonyl (C=O) groups is 1. The summed E-state index contributed by atoms with van der Waals surface area (Å²) in [5.41, 5.74) is 0.786. The third kappa shape index (κ3) is 2.12. The summed E-state index contributed by atoms with van der Waals surface area (Å²) in [7, 11) is 3.37. The van der Waals surface area contributed by atoms with Crippen LogP contribution in [0.4, 0.5) is 4.39 Å². The maximum atomic E-state index is 13.5. The number of likely N-dealkylation sites (N-methyl/N-ethyl adjacent to an activating group) is 1. The van der Waals surface area contributed by atoms with Crippen LogP contribution in [0.5, 0.6) is 0 Å². The Morgan fingerprint density at radius 3 is 3.00 bits per heavy atom. The van der Waals surface area contributed by atoms with Gasteiger partial charge in [-0.05, 0) is 13.1 Å². The minimum absolute atomic E-state index is 0.186. The molecule has 90 valence electrons. The highest BCUT2D eigenvalue weighted by molar-refractivity contribution is 5.96. The molecule has 2 heterocycles. The van der Waals surface area contributed by atoms with Gasteiger partial charge in [0.05, 0.1) is 11.9 Å². The maximum Gasteiger partial charge on any atom is 0.251 e. The van der Waals surface area contributed by atoms with E-state index in [1.807, 2.05) is 0 Å². The molecule has 0 aliphatic carbocycles. The first-order valence-electron chi connectivity index (χ1n) is 5.15. The maximum absolute atomic E-state index is 13.5. The van der Waals surface area contributed by atoms with E-state index in [4.69, 9.17) is 0 Å². The summed E-state index contributed by atoms with van der Waals surface area (Å²) in [6, 6.07) is 1.53. The molecule has 2 rings (SSSR count). The Morgan fingerprint density at radius 2 is 2.35 bits per heavy atom. The van der Waals surface area contributed by atoms with Crippen LogP contribution in [0.25, 0.3) is 5.70 Å². The van der Waals surface area contributed by atoms with Gasteiger partial charge in [-0.2, -0.15) is 0 Å². The average Bonchev–Trinajstić information content (AvgIpc) is 2.33. The van der Waals surface area contributed by atoms with Crippen LogP contribution in [0.2, 0.25) is 0 Å². The number of hydrogen-bond donors (Lipinski definition) is 2. The number of halogens is 1. The molecule has 17 heavy (non-hydrogen) atoms. The van der Waals surface area contributed by atoms with Crippen molar-refractivity contribution in [3.8, 4) is 0 Å². The number of hydrogen-bond acceptors (Lipinski definition) is 4. The Morgan fingerprint density at radius 1 is 1.59 bits per heavy atom. The van der Waals surface area contributed by atoms with Crippen molar-refractivity contribution in [1.82, 2.24) is 20.5 Å². The molecule has 1 unspecified atom stereocenters. The van der Waals surface area contributed by atoms with Crippen molar-refractivity contribution in [2.24, 2.45) is 0 Å². The van der Waals surface area contributed by atoms with Crippen LogP contribution in [0.3, 0.4) is 0 Å². The second-order valence-electron chi connectivity index (χ2n) is 3.70. The molecule has 0 spiro atoms. The Bertz CT molecular complexity index is 474. The van der Waals surface area contributed by atoms with Crippen LogP contribution in [0.1, 0.15) is 5.56 Å². The first-order valence-corrected chi connectivity index (χ1v) is 5.15. The Labute approximate surface area is 98.3 Å². The summed E-state index contributed by atoms with van der Waals surface area (Å²) < 4.78 is 13.5. The predicted molar refractivity (Wildman–Crippen MR) is 60.9 cm³/mol. The highest BCUT2D eigenvalue weighted by Gasteiger charge is 2.24. The number of nitrogens with zero attached hydrogens (tertiary/aromatic N) is 2. The normalized spacial score (nSPS) is 19.9. The molecule has 0 saturated heterocycles. The molecule has 1 atom stereocenters. The van der Waals surface area contributed by atoms with E-state index in [-0.39, 0.29) is 12.2 Å². The SMILES string of the molecule is CNC1NC(c2ccncc2F)=CC(=O)N1C. The third-order valence-electron chi connectivity index (χ3n) is 2.63. The van der Waals surface area contributed by atoms with E-state index in [0.717, 1.165) is 6.20 Å². The molecule has 6 heteroatoms. The molecular weight excluding hydrogens is 223 g/mol. The van der Waals surface area contributed by atoms with Gasteiger partial charge in [0.25, 0.3) is 5.91 Å². The molecule has 1 aliphatic rings. The number of nitrogens with one attached hydrogen (secondary N) is 2. The fourth-order valence-electron chi connectivity index (χ4n) is 1.65. The molecule has 5 nitrogen and oxygen atoms in total. The summed E-state index contributed by atoms with van der Waals surface area (Å²) in [6.45, 7) is 0. The Hall–Kier alpha value is -1.95. The van der Waals surface area contributed by atoms with Crippen LogP contribution in [-0.4, -0.2) is 36.2 Å². The Kier molecular flexibility index (Phi) is 3.06. The van der Waals surface area contributed by atoms with E-state index in [1.54, 1.807) is 14.1 Å². The standard InChI is InChI=1S/C11H13FN4O/c1-13-11-15-9(5-10(17)16(11)2)7-3-4-14-6-8(7)12/h3-6,11,13,15H,1-2H3. The topological polar surface area (TPSA) is 57.3 Å². The lowest BCUT2D eigenvalue weighted by molar-refractivity contribution is -0.128. The highest BCUT2D eigenvalue weighted by atomic mass is 19.1. The van der Waals surface area contributed by atoms with E-state index in [0.29, 0.717) is 11.3 Å². The third-order valence-corrected chi connectivity index (χ3v) is 2.63. The predicted octanol–water partition coefficient (Wildman–Crippen LogP) is 0.126. The first-order chi connectivity index (χ1) is 8.13. The van der Waals surface area contributed by atoms with Crippen molar-refractivity contribution in [3.05, 3.63) is 35.9 Å². The van der Waals surface area contributed by atoms with Gasteiger partial charge in [-0.3, -0.25) is 15.1 Å². The molecule has 1 aliphatic heterocycles. The zero-order chi connectivity index (χ0) is 12.4. The number of rotatable bonds is 2. The van der Waals surface area contributed by atoms with Crippen LogP contribution in [-0.2, 0) is 4.79 Å². The van der Waals surface area contributed by atoms with Crippen molar-refractivity contribution >= 4 is 11.6 Å². The van der Waals surface area contributed by atoms with Crippen LogP contribution in [0, 0.1) is 5.82 Å². The van der Waals surface area contributed by atoms with Gasteiger partial charge in [0.15, 0.2) is 12.1 Å². The summed E-state index contributed by atoms with van der Waals surface area (Å²) >= 11 is 0. The zero-order valence-electron chi connectivity index (χ0n) is 9.57. The summed E-state index contributed by atoms with van der Waals surface area (Å²) in [4.78, 5) is 16.9. The molecule has 1 aromatic heterocycles. The monoisotopic (exact) mass is 236 g/mol. The van der Waals surface area contributed by atoms with Crippen LogP contribution >= 0.6 is 0 Å². The Balaban J connectivity index is 2.37. The van der Waals surface area contributed by atoms with Gasteiger partial charge in [-0.1, -0.05) is 0 Å². The van der Waals surface area contributed by atoms with Crippen molar-refractivity contribution < 1.29 is 9.18 Å². The molecule has 1 amide bonds. The van der Waals surface area contributed by atoms with Crippen molar-refractivity contribution in [1.29, 1.82) is 0 Å². The van der Waals surface area contributed by atoms with Gasteiger partial charge in [-0.25, -0.2) is 4.39 Å². The largest absolute Gasteiger partial charge is 0.352 e. The quantitative estimate of drug-likeness (QED) is 0.766. The minimum atomic E-state index is -0.460. The average molecular weight is 236 g/mol. The molecule has 0 radical (unpaired) electrons. The van der Waals surface area contributed by atoms with E-state index >= 15 is 0 Å². The number of pyridine rings is 1. The molecule has 0 saturated carbocycles. The lowest BCUT2D eigenvalue weighted by Gasteiger charge is -2.33. The molecular formula is C11H13FN4O. The molecule has 0 bridgehead atoms. The highest BCUT2D eigenvalue weighted by Crippen LogP contribution is 2.18. The number of carbonyl (C=O) groups excluding carboxylic acids is 1.